The summed E-state index contributed by atoms with van der Waals surface area (Å²) in [7, 11) is 1.35. The number of nitrogens with zero attached hydrogens (tertiary/aromatic N) is 7. The summed E-state index contributed by atoms with van der Waals surface area (Å²) in [4.78, 5) is 27.5. The Balaban J connectivity index is 1.34. The molecule has 5 rings (SSSR count). The first-order valence-corrected chi connectivity index (χ1v) is 10.9. The second kappa shape index (κ2) is 8.28. The highest BCUT2D eigenvalue weighted by Crippen LogP contribution is 2.26. The van der Waals surface area contributed by atoms with E-state index in [2.05, 4.69) is 41.8 Å². The maximum absolute atomic E-state index is 13.0. The lowest BCUT2D eigenvalue weighted by Gasteiger charge is -2.36. The summed E-state index contributed by atoms with van der Waals surface area (Å²) in [6, 6.07) is 9.23. The standard InChI is InChI=1S/C21H19BrN8O3/c1-12-3-4-13(19-25-27-30(26-19)15-10-28(11-15)21(32)33-2)7-17(12)24-20(31)16-8-23-29-9-14(22)5-6-18(16)29/h3-9,15H,10-11H2,1-2H3,(H,24,31). The topological polar surface area (TPSA) is 120 Å². The minimum absolute atomic E-state index is 0.0503. The Hall–Kier alpha value is -3.80. The molecule has 12 heteroatoms. The van der Waals surface area contributed by atoms with Crippen LogP contribution in [-0.4, -0.2) is 66.9 Å². The Morgan fingerprint density at radius 3 is 2.82 bits per heavy atom. The number of methoxy groups -OCH3 is 1. The molecule has 11 nitrogen and oxygen atoms in total. The van der Waals surface area contributed by atoms with E-state index in [-0.39, 0.29) is 18.0 Å². The van der Waals surface area contributed by atoms with Crippen molar-refractivity contribution in [3.05, 3.63) is 58.3 Å². The molecule has 1 aliphatic rings. The number of aryl methyl sites for hydroxylation is 1. The molecule has 3 aromatic heterocycles. The summed E-state index contributed by atoms with van der Waals surface area (Å²) in [5, 5.41) is 19.9. The van der Waals surface area contributed by atoms with Gasteiger partial charge in [-0.15, -0.1) is 10.2 Å². The van der Waals surface area contributed by atoms with Crippen molar-refractivity contribution in [2.75, 3.05) is 25.5 Å². The largest absolute Gasteiger partial charge is 0.453 e. The van der Waals surface area contributed by atoms with Crippen LogP contribution in [0.4, 0.5) is 10.5 Å². The van der Waals surface area contributed by atoms with Crippen LogP contribution in [0.5, 0.6) is 0 Å². The second-order valence-corrected chi connectivity index (χ2v) is 8.60. The second-order valence-electron chi connectivity index (χ2n) is 7.68. The molecule has 0 bridgehead atoms. The van der Waals surface area contributed by atoms with Crippen LogP contribution < -0.4 is 5.32 Å². The number of amides is 2. The van der Waals surface area contributed by atoms with Gasteiger partial charge in [-0.3, -0.25) is 4.79 Å². The number of tetrazole rings is 1. The lowest BCUT2D eigenvalue weighted by atomic mass is 10.1. The molecular weight excluding hydrogens is 492 g/mol. The zero-order valence-corrected chi connectivity index (χ0v) is 19.4. The third-order valence-electron chi connectivity index (χ3n) is 5.52. The molecule has 0 unspecified atom stereocenters. The number of hydrogen-bond acceptors (Lipinski definition) is 7. The number of halogens is 1. The molecule has 4 aromatic rings. The maximum Gasteiger partial charge on any atom is 0.409 e. The molecule has 0 aliphatic carbocycles. The van der Waals surface area contributed by atoms with E-state index in [1.165, 1.54) is 11.9 Å². The predicted molar refractivity (Wildman–Crippen MR) is 122 cm³/mol. The molecule has 168 valence electrons. The highest BCUT2D eigenvalue weighted by atomic mass is 79.9. The number of carbonyl (C=O) groups is 2. The number of nitrogens with one attached hydrogen (secondary N) is 1. The number of benzene rings is 1. The fraction of sp³-hybridized carbons (Fsp3) is 0.238. The summed E-state index contributed by atoms with van der Waals surface area (Å²) < 4.78 is 7.22. The van der Waals surface area contributed by atoms with Gasteiger partial charge in [-0.2, -0.15) is 9.90 Å². The molecule has 1 N–H and O–H groups in total. The molecule has 1 aromatic carbocycles. The van der Waals surface area contributed by atoms with Crippen molar-refractivity contribution in [1.82, 2.24) is 34.7 Å². The van der Waals surface area contributed by atoms with E-state index in [4.69, 9.17) is 4.74 Å². The van der Waals surface area contributed by atoms with E-state index in [9.17, 15) is 9.59 Å². The molecule has 1 saturated heterocycles. The van der Waals surface area contributed by atoms with Crippen LogP contribution in [0.25, 0.3) is 16.9 Å². The summed E-state index contributed by atoms with van der Waals surface area (Å²) >= 11 is 3.40. The number of rotatable bonds is 4. The Bertz CT molecular complexity index is 1380. The number of carbonyl (C=O) groups excluding carboxylic acids is 2. The van der Waals surface area contributed by atoms with Crippen molar-refractivity contribution in [3.8, 4) is 11.4 Å². The number of aromatic nitrogens is 6. The number of hydrogen-bond donors (Lipinski definition) is 1. The molecule has 33 heavy (non-hydrogen) atoms. The summed E-state index contributed by atoms with van der Waals surface area (Å²) in [6.07, 6.45) is 2.96. The van der Waals surface area contributed by atoms with Gasteiger partial charge in [-0.1, -0.05) is 12.1 Å². The van der Waals surface area contributed by atoms with Crippen LogP contribution in [0, 0.1) is 6.92 Å². The molecule has 0 saturated carbocycles. The van der Waals surface area contributed by atoms with Gasteiger partial charge >= 0.3 is 6.09 Å². The fourth-order valence-corrected chi connectivity index (χ4v) is 3.92. The van der Waals surface area contributed by atoms with Gasteiger partial charge in [0.2, 0.25) is 5.82 Å². The molecule has 0 radical (unpaired) electrons. The number of likely N-dealkylation sites (tertiary alicyclic amines) is 1. The average Bonchev–Trinajstić information content (AvgIpc) is 3.41. The Labute approximate surface area is 196 Å². The van der Waals surface area contributed by atoms with Gasteiger partial charge < -0.3 is 15.0 Å². The molecule has 1 aliphatic heterocycles. The highest BCUT2D eigenvalue weighted by Gasteiger charge is 2.34. The highest BCUT2D eigenvalue weighted by molar-refractivity contribution is 9.10. The van der Waals surface area contributed by atoms with Gasteiger partial charge in [-0.05, 0) is 51.8 Å². The summed E-state index contributed by atoms with van der Waals surface area (Å²) in [5.74, 6) is 0.171. The van der Waals surface area contributed by atoms with Gasteiger partial charge in [0.25, 0.3) is 5.91 Å². The van der Waals surface area contributed by atoms with Crippen molar-refractivity contribution >= 4 is 39.1 Å². The summed E-state index contributed by atoms with van der Waals surface area (Å²) in [5.41, 5.74) is 3.43. The lowest BCUT2D eigenvalue weighted by molar-refractivity contribution is 0.0621. The van der Waals surface area contributed by atoms with Crippen LogP contribution in [-0.2, 0) is 4.74 Å². The monoisotopic (exact) mass is 510 g/mol. The molecule has 0 atom stereocenters. The lowest BCUT2D eigenvalue weighted by Crippen LogP contribution is -2.51. The Morgan fingerprint density at radius 2 is 2.03 bits per heavy atom. The normalized spacial score (nSPS) is 13.7. The zero-order chi connectivity index (χ0) is 23.1. The maximum atomic E-state index is 13.0. The van der Waals surface area contributed by atoms with Crippen LogP contribution in [0.3, 0.4) is 0 Å². The van der Waals surface area contributed by atoms with Crippen molar-refractivity contribution in [1.29, 1.82) is 0 Å². The Kier molecular flexibility index (Phi) is 5.29. The smallest absolute Gasteiger partial charge is 0.409 e. The van der Waals surface area contributed by atoms with E-state index < -0.39 is 0 Å². The average molecular weight is 511 g/mol. The zero-order valence-electron chi connectivity index (χ0n) is 17.8. The SMILES string of the molecule is COC(=O)N1CC(n2nnc(-c3ccc(C)c(NC(=O)c4cnn5cc(Br)ccc45)c3)n2)C1. The molecule has 0 spiro atoms. The van der Waals surface area contributed by atoms with Crippen molar-refractivity contribution in [2.45, 2.75) is 13.0 Å². The van der Waals surface area contributed by atoms with E-state index in [0.29, 0.717) is 35.7 Å². The number of ether oxygens (including phenoxy) is 1. The van der Waals surface area contributed by atoms with E-state index in [0.717, 1.165) is 15.6 Å². The predicted octanol–water partition coefficient (Wildman–Crippen LogP) is 2.93. The van der Waals surface area contributed by atoms with Crippen LogP contribution >= 0.6 is 15.9 Å². The molecule has 4 heterocycles. The third kappa shape index (κ3) is 3.93. The minimum Gasteiger partial charge on any atom is -0.453 e. The first kappa shape index (κ1) is 21.1. The van der Waals surface area contributed by atoms with Gasteiger partial charge in [-0.25, -0.2) is 9.31 Å². The van der Waals surface area contributed by atoms with Gasteiger partial charge in [0.15, 0.2) is 0 Å². The van der Waals surface area contributed by atoms with Crippen LogP contribution in [0.2, 0.25) is 0 Å². The van der Waals surface area contributed by atoms with Crippen molar-refractivity contribution in [2.24, 2.45) is 0 Å². The Morgan fingerprint density at radius 1 is 1.21 bits per heavy atom. The van der Waals surface area contributed by atoms with Gasteiger partial charge in [0, 0.05) is 21.9 Å². The summed E-state index contributed by atoms with van der Waals surface area (Å²) in [6.45, 7) is 2.84. The first-order valence-electron chi connectivity index (χ1n) is 10.1. The number of anilines is 1. The van der Waals surface area contributed by atoms with Crippen LogP contribution in [0.15, 0.2) is 47.2 Å². The molecular formula is C21H19BrN8O3. The third-order valence-corrected chi connectivity index (χ3v) is 5.99. The molecule has 2 amide bonds. The van der Waals surface area contributed by atoms with E-state index in [1.54, 1.807) is 21.8 Å². The first-order chi connectivity index (χ1) is 15.9. The van der Waals surface area contributed by atoms with Crippen LogP contribution in [0.1, 0.15) is 22.0 Å². The van der Waals surface area contributed by atoms with Crippen molar-refractivity contribution in [3.63, 3.8) is 0 Å². The number of fused-ring (bicyclic) bond motifs is 1. The number of pyridine rings is 1. The van der Waals surface area contributed by atoms with E-state index in [1.807, 2.05) is 37.3 Å². The van der Waals surface area contributed by atoms with Gasteiger partial charge in [0.1, 0.15) is 6.04 Å². The quantitative estimate of drug-likeness (QED) is 0.448. The van der Waals surface area contributed by atoms with Crippen molar-refractivity contribution < 1.29 is 14.3 Å². The molecule has 1 fully saturated rings. The fourth-order valence-electron chi connectivity index (χ4n) is 3.59. The van der Waals surface area contributed by atoms with E-state index >= 15 is 0 Å². The minimum atomic E-state index is -0.371. The van der Waals surface area contributed by atoms with Gasteiger partial charge in [0.05, 0.1) is 37.5 Å².